The molecule has 1 fully saturated rings. The summed E-state index contributed by atoms with van der Waals surface area (Å²) in [6, 6.07) is 7.12. The van der Waals surface area contributed by atoms with Crippen LogP contribution in [0.3, 0.4) is 0 Å². The first-order chi connectivity index (χ1) is 13.1. The molecule has 4 rings (SSSR count). The van der Waals surface area contributed by atoms with Crippen LogP contribution in [-0.2, 0) is 0 Å². The van der Waals surface area contributed by atoms with E-state index in [1.807, 2.05) is 6.07 Å². The second-order valence-corrected chi connectivity index (χ2v) is 6.31. The van der Waals surface area contributed by atoms with E-state index in [0.717, 1.165) is 44.0 Å². The zero-order valence-corrected chi connectivity index (χ0v) is 14.7. The van der Waals surface area contributed by atoms with Crippen LogP contribution >= 0.6 is 0 Å². The Labute approximate surface area is 154 Å². The molecule has 0 amide bonds. The lowest BCUT2D eigenvalue weighted by atomic mass is 10.1. The van der Waals surface area contributed by atoms with E-state index in [1.54, 1.807) is 12.3 Å². The third-order valence-corrected chi connectivity index (χ3v) is 4.62. The van der Waals surface area contributed by atoms with Gasteiger partial charge in [0.15, 0.2) is 17.4 Å². The number of hydrogen-bond donors (Lipinski definition) is 1. The number of fused-ring (bicyclic) bond motifs is 1. The van der Waals surface area contributed by atoms with Crippen LogP contribution in [0.2, 0.25) is 0 Å². The monoisotopic (exact) mass is 372 g/mol. The Morgan fingerprint density at radius 1 is 1.11 bits per heavy atom. The van der Waals surface area contributed by atoms with E-state index in [-0.39, 0.29) is 16.8 Å². The molecule has 1 N–H and O–H groups in total. The molecule has 1 aromatic carbocycles. The Bertz CT molecular complexity index is 1040. The summed E-state index contributed by atoms with van der Waals surface area (Å²) >= 11 is 0. The highest BCUT2D eigenvalue weighted by Crippen LogP contribution is 2.27. The summed E-state index contributed by atoms with van der Waals surface area (Å²) in [6.45, 7) is 3.49. The van der Waals surface area contributed by atoms with E-state index in [4.69, 9.17) is 0 Å². The first-order valence-electron chi connectivity index (χ1n) is 8.59. The summed E-state index contributed by atoms with van der Waals surface area (Å²) in [6.07, 6.45) is 1.74. The van der Waals surface area contributed by atoms with Gasteiger partial charge in [-0.3, -0.25) is 9.20 Å². The SMILES string of the molecule is COc1c(F)cc(-c2cc(=O)n3cc(N4CCNCC4)ccc3n2)cc1F. The number of nitrogens with zero attached hydrogens (tertiary/aromatic N) is 3. The zero-order chi connectivity index (χ0) is 19.0. The van der Waals surface area contributed by atoms with Gasteiger partial charge in [0.25, 0.3) is 5.56 Å². The van der Waals surface area contributed by atoms with Gasteiger partial charge in [0.1, 0.15) is 5.65 Å². The molecule has 140 valence electrons. The van der Waals surface area contributed by atoms with Gasteiger partial charge in [0, 0.05) is 44.0 Å². The molecule has 1 aliphatic rings. The number of piperazine rings is 1. The molecular weight excluding hydrogens is 354 g/mol. The number of halogens is 2. The van der Waals surface area contributed by atoms with Gasteiger partial charge in [-0.1, -0.05) is 0 Å². The maximum absolute atomic E-state index is 14.0. The average molecular weight is 372 g/mol. The van der Waals surface area contributed by atoms with Crippen molar-refractivity contribution in [3.8, 4) is 17.0 Å². The minimum Gasteiger partial charge on any atom is -0.491 e. The van der Waals surface area contributed by atoms with Gasteiger partial charge in [-0.05, 0) is 24.3 Å². The Hall–Kier alpha value is -3.00. The Morgan fingerprint density at radius 3 is 2.48 bits per heavy atom. The minimum atomic E-state index is -0.844. The lowest BCUT2D eigenvalue weighted by Crippen LogP contribution is -2.43. The Balaban J connectivity index is 1.77. The van der Waals surface area contributed by atoms with Gasteiger partial charge >= 0.3 is 0 Å². The molecule has 1 aliphatic heterocycles. The van der Waals surface area contributed by atoms with Crippen molar-refractivity contribution >= 4 is 11.3 Å². The molecule has 1 saturated heterocycles. The number of rotatable bonds is 3. The third kappa shape index (κ3) is 3.23. The summed E-state index contributed by atoms with van der Waals surface area (Å²) < 4.78 is 34.1. The van der Waals surface area contributed by atoms with Crippen molar-refractivity contribution in [1.29, 1.82) is 0 Å². The van der Waals surface area contributed by atoms with Gasteiger partial charge in [0.05, 0.1) is 18.5 Å². The van der Waals surface area contributed by atoms with Crippen molar-refractivity contribution in [2.24, 2.45) is 0 Å². The summed E-state index contributed by atoms with van der Waals surface area (Å²) in [7, 11) is 1.19. The number of benzene rings is 1. The fourth-order valence-corrected chi connectivity index (χ4v) is 3.25. The van der Waals surface area contributed by atoms with E-state index in [9.17, 15) is 13.6 Å². The predicted molar refractivity (Wildman–Crippen MR) is 98.4 cm³/mol. The molecular formula is C19H18F2N4O2. The number of anilines is 1. The van der Waals surface area contributed by atoms with Crippen molar-refractivity contribution in [1.82, 2.24) is 14.7 Å². The molecule has 0 saturated carbocycles. The molecule has 2 aromatic heterocycles. The zero-order valence-electron chi connectivity index (χ0n) is 14.7. The number of hydrogen-bond acceptors (Lipinski definition) is 5. The molecule has 0 spiro atoms. The fraction of sp³-hybridized carbons (Fsp3) is 0.263. The van der Waals surface area contributed by atoms with E-state index < -0.39 is 17.4 Å². The van der Waals surface area contributed by atoms with E-state index in [1.165, 1.54) is 17.6 Å². The maximum atomic E-state index is 14.0. The van der Waals surface area contributed by atoms with Crippen LogP contribution in [0.25, 0.3) is 16.9 Å². The van der Waals surface area contributed by atoms with E-state index in [2.05, 4.69) is 19.9 Å². The first kappa shape index (κ1) is 17.4. The second-order valence-electron chi connectivity index (χ2n) is 6.31. The Kier molecular flexibility index (Phi) is 4.49. The molecule has 27 heavy (non-hydrogen) atoms. The molecule has 6 nitrogen and oxygen atoms in total. The van der Waals surface area contributed by atoms with Gasteiger partial charge in [0.2, 0.25) is 0 Å². The minimum absolute atomic E-state index is 0.177. The third-order valence-electron chi connectivity index (χ3n) is 4.62. The van der Waals surface area contributed by atoms with Crippen LogP contribution in [0.15, 0.2) is 41.3 Å². The van der Waals surface area contributed by atoms with Gasteiger partial charge in [-0.25, -0.2) is 13.8 Å². The largest absolute Gasteiger partial charge is 0.491 e. The Morgan fingerprint density at radius 2 is 1.81 bits per heavy atom. The van der Waals surface area contributed by atoms with Crippen molar-refractivity contribution in [3.05, 3.63) is 58.5 Å². The highest BCUT2D eigenvalue weighted by Gasteiger charge is 2.15. The van der Waals surface area contributed by atoms with Crippen molar-refractivity contribution < 1.29 is 13.5 Å². The van der Waals surface area contributed by atoms with Crippen LogP contribution in [-0.4, -0.2) is 42.7 Å². The van der Waals surface area contributed by atoms with Crippen molar-refractivity contribution in [2.45, 2.75) is 0 Å². The van der Waals surface area contributed by atoms with E-state index >= 15 is 0 Å². The highest BCUT2D eigenvalue weighted by molar-refractivity contribution is 5.64. The van der Waals surface area contributed by atoms with Crippen molar-refractivity contribution in [2.75, 3.05) is 38.2 Å². The molecule has 0 atom stereocenters. The molecule has 3 heterocycles. The quantitative estimate of drug-likeness (QED) is 0.763. The van der Waals surface area contributed by atoms with Crippen LogP contribution in [0, 0.1) is 11.6 Å². The predicted octanol–water partition coefficient (Wildman–Crippen LogP) is 2.06. The second kappa shape index (κ2) is 6.96. The average Bonchev–Trinajstić information content (AvgIpc) is 2.68. The maximum Gasteiger partial charge on any atom is 0.258 e. The number of ether oxygens (including phenoxy) is 1. The topological polar surface area (TPSA) is 58.9 Å². The molecule has 0 bridgehead atoms. The molecule has 3 aromatic rings. The summed E-state index contributed by atoms with van der Waals surface area (Å²) in [5.41, 5.74) is 1.41. The summed E-state index contributed by atoms with van der Waals surface area (Å²) in [4.78, 5) is 19.2. The summed E-state index contributed by atoms with van der Waals surface area (Å²) in [5, 5.41) is 3.28. The molecule has 8 heteroatoms. The number of aromatic nitrogens is 2. The summed E-state index contributed by atoms with van der Waals surface area (Å²) in [5.74, 6) is -2.15. The van der Waals surface area contributed by atoms with Gasteiger partial charge in [-0.15, -0.1) is 0 Å². The van der Waals surface area contributed by atoms with Crippen LogP contribution in [0.1, 0.15) is 0 Å². The fourth-order valence-electron chi connectivity index (χ4n) is 3.25. The smallest absolute Gasteiger partial charge is 0.258 e. The van der Waals surface area contributed by atoms with Crippen molar-refractivity contribution in [3.63, 3.8) is 0 Å². The standard InChI is InChI=1S/C19H18F2N4O2/c1-27-19-14(20)8-12(9-15(19)21)16-10-18(26)25-11-13(2-3-17(25)23-16)24-6-4-22-5-7-24/h2-3,8-11,22H,4-7H2,1H3. The lowest BCUT2D eigenvalue weighted by Gasteiger charge is -2.29. The van der Waals surface area contributed by atoms with Gasteiger partial charge in [-0.2, -0.15) is 0 Å². The molecule has 0 aliphatic carbocycles. The molecule has 0 radical (unpaired) electrons. The number of pyridine rings is 1. The highest BCUT2D eigenvalue weighted by atomic mass is 19.1. The van der Waals surface area contributed by atoms with Crippen LogP contribution in [0.4, 0.5) is 14.5 Å². The number of nitrogens with one attached hydrogen (secondary N) is 1. The number of methoxy groups -OCH3 is 1. The lowest BCUT2D eigenvalue weighted by molar-refractivity contribution is 0.360. The van der Waals surface area contributed by atoms with Crippen LogP contribution < -0.4 is 20.5 Å². The molecule has 0 unspecified atom stereocenters. The normalized spacial score (nSPS) is 14.6. The first-order valence-corrected chi connectivity index (χ1v) is 8.59. The van der Waals surface area contributed by atoms with Crippen LogP contribution in [0.5, 0.6) is 5.75 Å². The van der Waals surface area contributed by atoms with E-state index in [0.29, 0.717) is 5.65 Å². The van der Waals surface area contributed by atoms with Gasteiger partial charge < -0.3 is 15.0 Å².